The average molecular weight is 282 g/mol. The summed E-state index contributed by atoms with van der Waals surface area (Å²) < 4.78 is 6.04. The smallest absolute Gasteiger partial charge is 0.145 e. The lowest BCUT2D eigenvalue weighted by atomic mass is 10.1. The third-order valence-corrected chi connectivity index (χ3v) is 3.92. The summed E-state index contributed by atoms with van der Waals surface area (Å²) >= 11 is 0. The van der Waals surface area contributed by atoms with Gasteiger partial charge < -0.3 is 15.4 Å². The summed E-state index contributed by atoms with van der Waals surface area (Å²) in [6.07, 6.45) is 3.83. The molecule has 2 aromatic rings. The average Bonchev–Trinajstić information content (AvgIpc) is 2.55. The van der Waals surface area contributed by atoms with Gasteiger partial charge in [0.1, 0.15) is 12.4 Å². The number of hydrogen-bond acceptors (Lipinski definition) is 3. The first-order chi connectivity index (χ1) is 10.3. The van der Waals surface area contributed by atoms with Crippen molar-refractivity contribution in [1.82, 2.24) is 0 Å². The summed E-state index contributed by atoms with van der Waals surface area (Å²) in [6.45, 7) is 2.78. The van der Waals surface area contributed by atoms with Crippen LogP contribution in [0.4, 0.5) is 11.4 Å². The van der Waals surface area contributed by atoms with Gasteiger partial charge in [-0.1, -0.05) is 30.3 Å². The van der Waals surface area contributed by atoms with Gasteiger partial charge in [-0.25, -0.2) is 0 Å². The van der Waals surface area contributed by atoms with Crippen LogP contribution in [-0.4, -0.2) is 13.1 Å². The van der Waals surface area contributed by atoms with E-state index in [1.165, 1.54) is 30.5 Å². The molecule has 110 valence electrons. The fraction of sp³-hybridized carbons (Fsp3) is 0.333. The van der Waals surface area contributed by atoms with Gasteiger partial charge in [0, 0.05) is 24.8 Å². The lowest BCUT2D eigenvalue weighted by Crippen LogP contribution is -2.29. The number of piperidine rings is 1. The Kier molecular flexibility index (Phi) is 4.29. The highest BCUT2D eigenvalue weighted by Crippen LogP contribution is 2.33. The normalized spacial score (nSPS) is 15.0. The Hall–Kier alpha value is -2.16. The van der Waals surface area contributed by atoms with Gasteiger partial charge in [0.15, 0.2) is 0 Å². The highest BCUT2D eigenvalue weighted by molar-refractivity contribution is 5.64. The molecule has 3 rings (SSSR count). The third kappa shape index (κ3) is 3.48. The molecule has 0 atom stereocenters. The molecule has 1 heterocycles. The van der Waals surface area contributed by atoms with Gasteiger partial charge in [0.05, 0.1) is 5.69 Å². The van der Waals surface area contributed by atoms with Crippen molar-refractivity contribution in [1.29, 1.82) is 0 Å². The Morgan fingerprint density at radius 2 is 1.71 bits per heavy atom. The van der Waals surface area contributed by atoms with Crippen molar-refractivity contribution in [2.24, 2.45) is 0 Å². The van der Waals surface area contributed by atoms with Crippen LogP contribution in [0.25, 0.3) is 0 Å². The van der Waals surface area contributed by atoms with Crippen LogP contribution in [0.1, 0.15) is 24.8 Å². The molecule has 1 aliphatic rings. The number of nitrogen functional groups attached to an aromatic ring is 1. The summed E-state index contributed by atoms with van der Waals surface area (Å²) in [6, 6.07) is 16.2. The summed E-state index contributed by atoms with van der Waals surface area (Å²) in [4.78, 5) is 2.41. The van der Waals surface area contributed by atoms with Crippen LogP contribution in [0, 0.1) is 0 Å². The number of nitrogens with two attached hydrogens (primary N) is 1. The SMILES string of the molecule is Nc1ccc(N2CCCCC2)c(OCc2ccccc2)c1. The minimum absolute atomic E-state index is 0.575. The minimum Gasteiger partial charge on any atom is -0.487 e. The van der Waals surface area contributed by atoms with Gasteiger partial charge in [-0.05, 0) is 37.0 Å². The van der Waals surface area contributed by atoms with Crippen LogP contribution in [0.5, 0.6) is 5.75 Å². The van der Waals surface area contributed by atoms with E-state index in [0.29, 0.717) is 6.61 Å². The van der Waals surface area contributed by atoms with Crippen LogP contribution < -0.4 is 15.4 Å². The van der Waals surface area contributed by atoms with Crippen molar-refractivity contribution < 1.29 is 4.74 Å². The van der Waals surface area contributed by atoms with Crippen LogP contribution in [0.15, 0.2) is 48.5 Å². The van der Waals surface area contributed by atoms with Crippen molar-refractivity contribution in [2.45, 2.75) is 25.9 Å². The fourth-order valence-electron chi connectivity index (χ4n) is 2.78. The number of anilines is 2. The predicted molar refractivity (Wildman–Crippen MR) is 87.7 cm³/mol. The molecule has 1 fully saturated rings. The molecule has 3 nitrogen and oxygen atoms in total. The van der Waals surface area contributed by atoms with Crippen molar-refractivity contribution >= 4 is 11.4 Å². The molecule has 0 spiro atoms. The first kappa shape index (κ1) is 13.8. The lowest BCUT2D eigenvalue weighted by Gasteiger charge is -2.30. The molecular weight excluding hydrogens is 260 g/mol. The van der Waals surface area contributed by atoms with Crippen molar-refractivity contribution in [3.05, 3.63) is 54.1 Å². The second-order valence-electron chi connectivity index (χ2n) is 5.55. The molecule has 21 heavy (non-hydrogen) atoms. The molecular formula is C18H22N2O. The Labute approximate surface area is 126 Å². The van der Waals surface area contributed by atoms with E-state index in [-0.39, 0.29) is 0 Å². The van der Waals surface area contributed by atoms with Gasteiger partial charge in [-0.15, -0.1) is 0 Å². The van der Waals surface area contributed by atoms with Crippen LogP contribution >= 0.6 is 0 Å². The molecule has 2 aromatic carbocycles. The standard InChI is InChI=1S/C18H22N2O/c19-16-9-10-17(20-11-5-2-6-12-20)18(13-16)21-14-15-7-3-1-4-8-15/h1,3-4,7-10,13H,2,5-6,11-12,14,19H2. The number of hydrogen-bond donors (Lipinski definition) is 1. The highest BCUT2D eigenvalue weighted by Gasteiger charge is 2.15. The first-order valence-corrected chi connectivity index (χ1v) is 7.64. The highest BCUT2D eigenvalue weighted by atomic mass is 16.5. The van der Waals surface area contributed by atoms with Gasteiger partial charge >= 0.3 is 0 Å². The Balaban J connectivity index is 1.77. The minimum atomic E-state index is 0.575. The van der Waals surface area contributed by atoms with E-state index >= 15 is 0 Å². The molecule has 0 amide bonds. The molecule has 3 heteroatoms. The molecule has 0 bridgehead atoms. The molecule has 0 unspecified atom stereocenters. The van der Waals surface area contributed by atoms with Crippen LogP contribution in [0.3, 0.4) is 0 Å². The zero-order valence-electron chi connectivity index (χ0n) is 12.3. The topological polar surface area (TPSA) is 38.5 Å². The molecule has 0 aromatic heterocycles. The molecule has 1 aliphatic heterocycles. The number of benzene rings is 2. The monoisotopic (exact) mass is 282 g/mol. The Morgan fingerprint density at radius 3 is 2.48 bits per heavy atom. The van der Waals surface area contributed by atoms with Gasteiger partial charge in [0.25, 0.3) is 0 Å². The molecule has 0 saturated carbocycles. The van der Waals surface area contributed by atoms with Gasteiger partial charge in [0.2, 0.25) is 0 Å². The van der Waals surface area contributed by atoms with Crippen molar-refractivity contribution in [2.75, 3.05) is 23.7 Å². The Morgan fingerprint density at radius 1 is 0.952 bits per heavy atom. The largest absolute Gasteiger partial charge is 0.487 e. The molecule has 2 N–H and O–H groups in total. The first-order valence-electron chi connectivity index (χ1n) is 7.64. The van der Waals surface area contributed by atoms with Crippen LogP contribution in [0.2, 0.25) is 0 Å². The van der Waals surface area contributed by atoms with Gasteiger partial charge in [-0.3, -0.25) is 0 Å². The van der Waals surface area contributed by atoms with Crippen LogP contribution in [-0.2, 0) is 6.61 Å². The van der Waals surface area contributed by atoms with E-state index in [1.807, 2.05) is 30.3 Å². The van der Waals surface area contributed by atoms with E-state index in [4.69, 9.17) is 10.5 Å². The van der Waals surface area contributed by atoms with Crippen molar-refractivity contribution in [3.63, 3.8) is 0 Å². The lowest BCUT2D eigenvalue weighted by molar-refractivity contribution is 0.306. The van der Waals surface area contributed by atoms with Crippen molar-refractivity contribution in [3.8, 4) is 5.75 Å². The quantitative estimate of drug-likeness (QED) is 0.866. The third-order valence-electron chi connectivity index (χ3n) is 3.92. The summed E-state index contributed by atoms with van der Waals surface area (Å²) in [5, 5.41) is 0. The van der Waals surface area contributed by atoms with E-state index in [1.54, 1.807) is 0 Å². The second-order valence-corrected chi connectivity index (χ2v) is 5.55. The zero-order valence-corrected chi connectivity index (χ0v) is 12.3. The summed E-state index contributed by atoms with van der Waals surface area (Å²) in [7, 11) is 0. The molecule has 1 saturated heterocycles. The van der Waals surface area contributed by atoms with E-state index in [2.05, 4.69) is 23.1 Å². The zero-order chi connectivity index (χ0) is 14.5. The predicted octanol–water partition coefficient (Wildman–Crippen LogP) is 3.84. The maximum absolute atomic E-state index is 6.04. The van der Waals surface area contributed by atoms with Gasteiger partial charge in [-0.2, -0.15) is 0 Å². The van der Waals surface area contributed by atoms with E-state index in [0.717, 1.165) is 24.5 Å². The molecule has 0 aliphatic carbocycles. The fourth-order valence-corrected chi connectivity index (χ4v) is 2.78. The number of ether oxygens (including phenoxy) is 1. The maximum Gasteiger partial charge on any atom is 0.145 e. The van der Waals surface area contributed by atoms with E-state index in [9.17, 15) is 0 Å². The summed E-state index contributed by atoms with van der Waals surface area (Å²) in [5.41, 5.74) is 9.01. The maximum atomic E-state index is 6.04. The van der Waals surface area contributed by atoms with E-state index < -0.39 is 0 Å². The Bertz CT molecular complexity index is 577. The number of rotatable bonds is 4. The summed E-state index contributed by atoms with van der Waals surface area (Å²) in [5.74, 6) is 0.890. The second kappa shape index (κ2) is 6.53. The molecule has 0 radical (unpaired) electrons. The number of nitrogens with zero attached hydrogens (tertiary/aromatic N) is 1.